The lowest BCUT2D eigenvalue weighted by Gasteiger charge is -2.12. The number of unbranched alkanes of at least 4 members (excludes halogenated alkanes) is 1. The summed E-state index contributed by atoms with van der Waals surface area (Å²) >= 11 is 9.88. The van der Waals surface area contributed by atoms with Gasteiger partial charge in [0.15, 0.2) is 15.5 Å². The maximum atomic E-state index is 12.6. The summed E-state index contributed by atoms with van der Waals surface area (Å²) in [4.78, 5) is 5.04. The molecule has 8 nitrogen and oxygen atoms in total. The molecule has 2 heterocycles. The van der Waals surface area contributed by atoms with E-state index in [0.717, 1.165) is 40.6 Å². The van der Waals surface area contributed by atoms with Gasteiger partial charge in [-0.15, -0.1) is 0 Å². The Hall–Kier alpha value is -2.31. The molecule has 0 fully saturated rings. The highest BCUT2D eigenvalue weighted by Crippen LogP contribution is 2.30. The monoisotopic (exact) mass is 595 g/mol. The van der Waals surface area contributed by atoms with Crippen LogP contribution in [0.2, 0.25) is 5.02 Å². The number of rotatable bonds is 10. The summed E-state index contributed by atoms with van der Waals surface area (Å²) in [6.07, 6.45) is 4.32. The quantitative estimate of drug-likeness (QED) is 0.257. The molecular formula is C23H23BrClN5O3S2. The molecule has 0 aliphatic rings. The van der Waals surface area contributed by atoms with Crippen molar-refractivity contribution in [1.82, 2.24) is 19.3 Å². The first-order valence-corrected chi connectivity index (χ1v) is 14.9. The molecule has 0 radical (unpaired) electrons. The molecule has 4 aromatic rings. The van der Waals surface area contributed by atoms with Gasteiger partial charge in [0.05, 0.1) is 26.2 Å². The van der Waals surface area contributed by atoms with Gasteiger partial charge in [0.1, 0.15) is 16.8 Å². The van der Waals surface area contributed by atoms with E-state index in [2.05, 4.69) is 31.1 Å². The summed E-state index contributed by atoms with van der Waals surface area (Å²) < 4.78 is 41.9. The Morgan fingerprint density at radius 3 is 2.57 bits per heavy atom. The molecule has 2 N–H and O–H groups in total. The number of hydrogen-bond acceptors (Lipinski definition) is 6. The van der Waals surface area contributed by atoms with Crippen LogP contribution in [0.15, 0.2) is 75.1 Å². The second kappa shape index (κ2) is 11.2. The van der Waals surface area contributed by atoms with Crippen molar-refractivity contribution in [3.63, 3.8) is 0 Å². The van der Waals surface area contributed by atoms with Crippen molar-refractivity contribution in [1.29, 1.82) is 0 Å². The lowest BCUT2D eigenvalue weighted by atomic mass is 10.1. The first kappa shape index (κ1) is 25.8. The first-order valence-electron chi connectivity index (χ1n) is 10.7. The average Bonchev–Trinajstić information content (AvgIpc) is 3.21. The minimum absolute atomic E-state index is 0.0777. The van der Waals surface area contributed by atoms with Crippen molar-refractivity contribution in [2.24, 2.45) is 0 Å². The minimum Gasteiger partial charge on any atom is -0.370 e. The first-order chi connectivity index (χ1) is 16.8. The summed E-state index contributed by atoms with van der Waals surface area (Å²) in [5.74, 6) is 0.772. The number of aromatic nitrogens is 3. The SMILES string of the molecule is CS(=O)(=O)c1ccccc1S(=O)NCCCCNc1cc(-c2ccccc2Cl)nc2c(Br)cnn12. The van der Waals surface area contributed by atoms with E-state index >= 15 is 0 Å². The van der Waals surface area contributed by atoms with Crippen molar-refractivity contribution in [3.8, 4) is 11.3 Å². The van der Waals surface area contributed by atoms with Gasteiger partial charge in [0.25, 0.3) is 0 Å². The van der Waals surface area contributed by atoms with Crippen LogP contribution in [-0.2, 0) is 20.8 Å². The van der Waals surface area contributed by atoms with Gasteiger partial charge in [-0.05, 0) is 47.0 Å². The Bertz CT molecular complexity index is 1490. The van der Waals surface area contributed by atoms with Crippen LogP contribution in [0.25, 0.3) is 16.9 Å². The number of anilines is 1. The zero-order chi connectivity index (χ0) is 25.0. The van der Waals surface area contributed by atoms with Gasteiger partial charge >= 0.3 is 0 Å². The Labute approximate surface area is 219 Å². The Kier molecular flexibility index (Phi) is 8.23. The Morgan fingerprint density at radius 1 is 1.09 bits per heavy atom. The van der Waals surface area contributed by atoms with Crippen molar-refractivity contribution >= 4 is 59.8 Å². The van der Waals surface area contributed by atoms with E-state index in [4.69, 9.17) is 16.6 Å². The van der Waals surface area contributed by atoms with Gasteiger partial charge in [0, 0.05) is 36.0 Å². The average molecular weight is 597 g/mol. The maximum Gasteiger partial charge on any atom is 0.176 e. The highest BCUT2D eigenvalue weighted by atomic mass is 79.9. The molecule has 0 saturated carbocycles. The zero-order valence-corrected chi connectivity index (χ0v) is 22.7. The highest BCUT2D eigenvalue weighted by Gasteiger charge is 2.17. The van der Waals surface area contributed by atoms with Gasteiger partial charge < -0.3 is 5.32 Å². The second-order valence-electron chi connectivity index (χ2n) is 7.75. The fraction of sp³-hybridized carbons (Fsp3) is 0.217. The fourth-order valence-corrected chi connectivity index (χ4v) is 6.45. The third kappa shape index (κ3) is 6.10. The van der Waals surface area contributed by atoms with Crippen LogP contribution < -0.4 is 10.0 Å². The molecule has 0 aliphatic carbocycles. The standard InChI is InChI=1S/C23H23BrClN5O3S2/c1-35(32,33)21-11-5-4-10-20(21)34(31)28-13-7-6-12-26-22-14-19(16-8-2-3-9-18(16)25)29-23-17(24)15-27-30(22)23/h2-5,8-11,14-15,26,28H,6-7,12-13H2,1H3. The van der Waals surface area contributed by atoms with E-state index in [9.17, 15) is 12.6 Å². The van der Waals surface area contributed by atoms with Crippen LogP contribution in [-0.4, -0.2) is 46.6 Å². The van der Waals surface area contributed by atoms with Crippen LogP contribution >= 0.6 is 27.5 Å². The van der Waals surface area contributed by atoms with E-state index in [0.29, 0.717) is 23.8 Å². The van der Waals surface area contributed by atoms with Crippen LogP contribution in [0, 0.1) is 0 Å². The van der Waals surface area contributed by atoms with Crippen molar-refractivity contribution in [3.05, 3.63) is 70.3 Å². The maximum absolute atomic E-state index is 12.6. The summed E-state index contributed by atoms with van der Waals surface area (Å²) in [6.45, 7) is 1.11. The lowest BCUT2D eigenvalue weighted by molar-refractivity contribution is 0.598. The van der Waals surface area contributed by atoms with Crippen LogP contribution in [0.5, 0.6) is 0 Å². The number of fused-ring (bicyclic) bond motifs is 1. The second-order valence-corrected chi connectivity index (χ2v) is 12.3. The molecule has 0 aliphatic heterocycles. The molecule has 35 heavy (non-hydrogen) atoms. The topological polar surface area (TPSA) is 105 Å². The summed E-state index contributed by atoms with van der Waals surface area (Å²) in [6, 6.07) is 15.8. The highest BCUT2D eigenvalue weighted by molar-refractivity contribution is 9.10. The van der Waals surface area contributed by atoms with E-state index in [1.807, 2.05) is 30.3 Å². The molecular weight excluding hydrogens is 574 g/mol. The molecule has 0 saturated heterocycles. The zero-order valence-electron chi connectivity index (χ0n) is 18.7. The Morgan fingerprint density at radius 2 is 1.80 bits per heavy atom. The molecule has 0 bridgehead atoms. The third-order valence-electron chi connectivity index (χ3n) is 5.17. The molecule has 4 rings (SSSR count). The molecule has 0 spiro atoms. The number of nitrogens with zero attached hydrogens (tertiary/aromatic N) is 3. The normalized spacial score (nSPS) is 12.7. The number of halogens is 2. The minimum atomic E-state index is -3.46. The van der Waals surface area contributed by atoms with Crippen molar-refractivity contribution < 1.29 is 12.6 Å². The number of hydrogen-bond donors (Lipinski definition) is 2. The summed E-state index contributed by atoms with van der Waals surface area (Å²) in [5.41, 5.74) is 2.23. The third-order valence-corrected chi connectivity index (χ3v) is 8.56. The van der Waals surface area contributed by atoms with Gasteiger partial charge in [-0.1, -0.05) is 41.9 Å². The number of nitrogens with one attached hydrogen (secondary N) is 2. The molecule has 1 atom stereocenters. The fourth-order valence-electron chi connectivity index (χ4n) is 3.49. The Balaban J connectivity index is 1.37. The molecule has 1 unspecified atom stereocenters. The number of sulfone groups is 1. The van der Waals surface area contributed by atoms with E-state index in [-0.39, 0.29) is 9.79 Å². The lowest BCUT2D eigenvalue weighted by Crippen LogP contribution is -2.21. The molecule has 2 aromatic heterocycles. The molecule has 184 valence electrons. The van der Waals surface area contributed by atoms with Gasteiger partial charge in [0.2, 0.25) is 0 Å². The van der Waals surface area contributed by atoms with Gasteiger partial charge in [-0.25, -0.2) is 22.3 Å². The van der Waals surface area contributed by atoms with E-state index in [1.165, 1.54) is 6.07 Å². The smallest absolute Gasteiger partial charge is 0.176 e. The van der Waals surface area contributed by atoms with E-state index in [1.54, 1.807) is 28.9 Å². The molecule has 0 amide bonds. The van der Waals surface area contributed by atoms with Crippen molar-refractivity contribution in [2.45, 2.75) is 22.6 Å². The van der Waals surface area contributed by atoms with Crippen LogP contribution in [0.1, 0.15) is 12.8 Å². The van der Waals surface area contributed by atoms with E-state index < -0.39 is 20.8 Å². The van der Waals surface area contributed by atoms with Crippen LogP contribution in [0.3, 0.4) is 0 Å². The van der Waals surface area contributed by atoms with Gasteiger partial charge in [-0.3, -0.25) is 0 Å². The van der Waals surface area contributed by atoms with Gasteiger partial charge in [-0.2, -0.15) is 9.61 Å². The summed E-state index contributed by atoms with van der Waals surface area (Å²) in [7, 11) is -5.07. The van der Waals surface area contributed by atoms with Crippen molar-refractivity contribution in [2.75, 3.05) is 24.7 Å². The summed E-state index contributed by atoms with van der Waals surface area (Å²) in [5, 5.41) is 8.39. The predicted octanol–water partition coefficient (Wildman–Crippen LogP) is 4.72. The molecule has 2 aromatic carbocycles. The number of benzene rings is 2. The molecule has 12 heteroatoms. The predicted molar refractivity (Wildman–Crippen MR) is 143 cm³/mol. The largest absolute Gasteiger partial charge is 0.370 e. The van der Waals surface area contributed by atoms with Crippen LogP contribution in [0.4, 0.5) is 5.82 Å².